The molecule has 0 aliphatic heterocycles. The zero-order chi connectivity index (χ0) is 11.3. The van der Waals surface area contributed by atoms with E-state index >= 15 is 0 Å². The summed E-state index contributed by atoms with van der Waals surface area (Å²) < 4.78 is 0. The molecule has 1 rings (SSSR count). The Kier molecular flexibility index (Phi) is 3.89. The van der Waals surface area contributed by atoms with Crippen molar-refractivity contribution in [3.05, 3.63) is 35.9 Å². The van der Waals surface area contributed by atoms with Crippen molar-refractivity contribution >= 4 is 5.91 Å². The first-order valence-electron chi connectivity index (χ1n) is 5.43. The van der Waals surface area contributed by atoms with E-state index in [0.717, 1.165) is 18.5 Å². The third-order valence-corrected chi connectivity index (χ3v) is 2.60. The molecule has 0 saturated heterocycles. The van der Waals surface area contributed by atoms with Gasteiger partial charge in [0.1, 0.15) is 0 Å². The summed E-state index contributed by atoms with van der Waals surface area (Å²) in [6.45, 7) is 6.70. The third-order valence-electron chi connectivity index (χ3n) is 2.60. The van der Waals surface area contributed by atoms with Crippen molar-refractivity contribution in [2.75, 3.05) is 6.54 Å². The van der Waals surface area contributed by atoms with Crippen molar-refractivity contribution < 1.29 is 4.79 Å². The van der Waals surface area contributed by atoms with E-state index in [0.29, 0.717) is 0 Å². The van der Waals surface area contributed by atoms with E-state index in [1.165, 1.54) is 0 Å². The van der Waals surface area contributed by atoms with E-state index < -0.39 is 5.41 Å². The second kappa shape index (κ2) is 4.96. The van der Waals surface area contributed by atoms with Gasteiger partial charge in [0.25, 0.3) is 0 Å². The molecule has 0 heterocycles. The molecule has 0 unspecified atom stereocenters. The molecule has 1 aromatic rings. The SMILES string of the molecule is CCCNC(=O)C(C)(C)c1ccccc1. The molecule has 0 aliphatic rings. The van der Waals surface area contributed by atoms with Crippen molar-refractivity contribution in [3.63, 3.8) is 0 Å². The highest BCUT2D eigenvalue weighted by atomic mass is 16.2. The van der Waals surface area contributed by atoms with E-state index in [-0.39, 0.29) is 5.91 Å². The number of nitrogens with one attached hydrogen (secondary N) is 1. The first kappa shape index (κ1) is 11.8. The Hall–Kier alpha value is -1.31. The second-order valence-electron chi connectivity index (χ2n) is 4.25. The van der Waals surface area contributed by atoms with Crippen molar-refractivity contribution in [3.8, 4) is 0 Å². The van der Waals surface area contributed by atoms with Gasteiger partial charge in [0.15, 0.2) is 0 Å². The van der Waals surface area contributed by atoms with Gasteiger partial charge < -0.3 is 5.32 Å². The largest absolute Gasteiger partial charge is 0.355 e. The fourth-order valence-corrected chi connectivity index (χ4v) is 1.45. The van der Waals surface area contributed by atoms with E-state index in [4.69, 9.17) is 0 Å². The summed E-state index contributed by atoms with van der Waals surface area (Å²) in [5.41, 5.74) is 0.606. The van der Waals surface area contributed by atoms with Crippen molar-refractivity contribution in [2.24, 2.45) is 0 Å². The normalized spacial score (nSPS) is 11.1. The molecule has 0 radical (unpaired) electrons. The Bertz CT molecular complexity index is 317. The highest BCUT2D eigenvalue weighted by Gasteiger charge is 2.28. The van der Waals surface area contributed by atoms with Gasteiger partial charge in [-0.15, -0.1) is 0 Å². The maximum absolute atomic E-state index is 11.9. The highest BCUT2D eigenvalue weighted by molar-refractivity contribution is 5.87. The average Bonchev–Trinajstić information content (AvgIpc) is 2.27. The summed E-state index contributed by atoms with van der Waals surface area (Å²) in [5, 5.41) is 2.93. The second-order valence-corrected chi connectivity index (χ2v) is 4.25. The molecule has 0 saturated carbocycles. The number of hydrogen-bond donors (Lipinski definition) is 1. The zero-order valence-corrected chi connectivity index (χ0v) is 9.71. The molecule has 0 fully saturated rings. The quantitative estimate of drug-likeness (QED) is 0.804. The summed E-state index contributed by atoms with van der Waals surface area (Å²) in [7, 11) is 0. The summed E-state index contributed by atoms with van der Waals surface area (Å²) in [5.74, 6) is 0.0931. The monoisotopic (exact) mass is 205 g/mol. The molecule has 1 N–H and O–H groups in total. The molecule has 2 heteroatoms. The minimum Gasteiger partial charge on any atom is -0.355 e. The van der Waals surface area contributed by atoms with Crippen LogP contribution in [0.5, 0.6) is 0 Å². The van der Waals surface area contributed by atoms with E-state index in [1.54, 1.807) is 0 Å². The number of benzene rings is 1. The van der Waals surface area contributed by atoms with Crippen LogP contribution in [0.1, 0.15) is 32.8 Å². The van der Waals surface area contributed by atoms with Crippen LogP contribution in [0.3, 0.4) is 0 Å². The van der Waals surface area contributed by atoms with Gasteiger partial charge in [-0.05, 0) is 25.8 Å². The molecule has 0 aliphatic carbocycles. The lowest BCUT2D eigenvalue weighted by Crippen LogP contribution is -2.40. The predicted molar refractivity (Wildman–Crippen MR) is 62.8 cm³/mol. The van der Waals surface area contributed by atoms with E-state index in [1.807, 2.05) is 44.2 Å². The minimum atomic E-state index is -0.448. The molecule has 2 nitrogen and oxygen atoms in total. The Labute approximate surface area is 91.7 Å². The maximum Gasteiger partial charge on any atom is 0.230 e. The van der Waals surface area contributed by atoms with Gasteiger partial charge in [0, 0.05) is 6.54 Å². The van der Waals surface area contributed by atoms with Crippen LogP contribution in [0.4, 0.5) is 0 Å². The molecule has 0 spiro atoms. The smallest absolute Gasteiger partial charge is 0.230 e. The highest BCUT2D eigenvalue weighted by Crippen LogP contribution is 2.22. The summed E-state index contributed by atoms with van der Waals surface area (Å²) >= 11 is 0. The standard InChI is InChI=1S/C13H19NO/c1-4-10-14-12(15)13(2,3)11-8-6-5-7-9-11/h5-9H,4,10H2,1-3H3,(H,14,15). The van der Waals surface area contributed by atoms with Gasteiger partial charge in [-0.2, -0.15) is 0 Å². The first-order valence-corrected chi connectivity index (χ1v) is 5.43. The zero-order valence-electron chi connectivity index (χ0n) is 9.71. The Morgan fingerprint density at radius 2 is 1.87 bits per heavy atom. The van der Waals surface area contributed by atoms with Crippen LogP contribution in [0.25, 0.3) is 0 Å². The van der Waals surface area contributed by atoms with Crippen LogP contribution in [-0.2, 0) is 10.2 Å². The minimum absolute atomic E-state index is 0.0931. The number of carbonyl (C=O) groups excluding carboxylic acids is 1. The van der Waals surface area contributed by atoms with Gasteiger partial charge in [-0.1, -0.05) is 37.3 Å². The predicted octanol–water partition coefficient (Wildman–Crippen LogP) is 2.49. The molecular weight excluding hydrogens is 186 g/mol. The van der Waals surface area contributed by atoms with Crippen LogP contribution < -0.4 is 5.32 Å². The van der Waals surface area contributed by atoms with Gasteiger partial charge in [0.2, 0.25) is 5.91 Å². The number of carbonyl (C=O) groups is 1. The van der Waals surface area contributed by atoms with E-state index in [2.05, 4.69) is 12.2 Å². The molecule has 0 bridgehead atoms. The maximum atomic E-state index is 11.9. The molecule has 15 heavy (non-hydrogen) atoms. The molecule has 82 valence electrons. The van der Waals surface area contributed by atoms with Crippen LogP contribution in [0.2, 0.25) is 0 Å². The lowest BCUT2D eigenvalue weighted by atomic mass is 9.84. The molecule has 0 aromatic heterocycles. The van der Waals surface area contributed by atoms with Crippen LogP contribution in [0, 0.1) is 0 Å². The van der Waals surface area contributed by atoms with Crippen LogP contribution >= 0.6 is 0 Å². The average molecular weight is 205 g/mol. The lowest BCUT2D eigenvalue weighted by molar-refractivity contribution is -0.125. The molecule has 1 amide bonds. The number of rotatable bonds is 4. The number of hydrogen-bond acceptors (Lipinski definition) is 1. The Morgan fingerprint density at radius 3 is 2.40 bits per heavy atom. The molecule has 0 atom stereocenters. The van der Waals surface area contributed by atoms with Gasteiger partial charge >= 0.3 is 0 Å². The third kappa shape index (κ3) is 2.82. The van der Waals surface area contributed by atoms with Crippen LogP contribution in [-0.4, -0.2) is 12.5 Å². The van der Waals surface area contributed by atoms with Crippen molar-refractivity contribution in [1.29, 1.82) is 0 Å². The Balaban J connectivity index is 2.78. The fraction of sp³-hybridized carbons (Fsp3) is 0.462. The molecule has 1 aromatic carbocycles. The van der Waals surface area contributed by atoms with Gasteiger partial charge in [-0.25, -0.2) is 0 Å². The van der Waals surface area contributed by atoms with Gasteiger partial charge in [-0.3, -0.25) is 4.79 Å². The van der Waals surface area contributed by atoms with Crippen LogP contribution in [0.15, 0.2) is 30.3 Å². The van der Waals surface area contributed by atoms with Gasteiger partial charge in [0.05, 0.1) is 5.41 Å². The van der Waals surface area contributed by atoms with Crippen molar-refractivity contribution in [1.82, 2.24) is 5.32 Å². The van der Waals surface area contributed by atoms with E-state index in [9.17, 15) is 4.79 Å². The first-order chi connectivity index (χ1) is 7.09. The summed E-state index contributed by atoms with van der Waals surface area (Å²) in [4.78, 5) is 11.9. The summed E-state index contributed by atoms with van der Waals surface area (Å²) in [6.07, 6.45) is 0.969. The topological polar surface area (TPSA) is 29.1 Å². The Morgan fingerprint density at radius 1 is 1.27 bits per heavy atom. The number of amides is 1. The fourth-order valence-electron chi connectivity index (χ4n) is 1.45. The van der Waals surface area contributed by atoms with Crippen molar-refractivity contribution in [2.45, 2.75) is 32.6 Å². The summed E-state index contributed by atoms with van der Waals surface area (Å²) in [6, 6.07) is 9.87. The lowest BCUT2D eigenvalue weighted by Gasteiger charge is -2.24. The molecular formula is C13H19NO.